The minimum absolute atomic E-state index is 0.0819. The summed E-state index contributed by atoms with van der Waals surface area (Å²) >= 11 is 5.76. The number of nitrogens with one attached hydrogen (secondary N) is 2. The summed E-state index contributed by atoms with van der Waals surface area (Å²) in [4.78, 5) is 23.7. The predicted octanol–water partition coefficient (Wildman–Crippen LogP) is 1.86. The zero-order chi connectivity index (χ0) is 15.2. The Morgan fingerprint density at radius 2 is 2.10 bits per heavy atom. The molecule has 0 aliphatic carbocycles. The van der Waals surface area contributed by atoms with Crippen molar-refractivity contribution < 1.29 is 4.79 Å². The van der Waals surface area contributed by atoms with Crippen LogP contribution in [0.2, 0.25) is 5.15 Å². The van der Waals surface area contributed by atoms with Crippen LogP contribution in [0.1, 0.15) is 12.1 Å². The molecule has 0 fully saturated rings. The first-order valence-electron chi connectivity index (χ1n) is 6.30. The average Bonchev–Trinajstić information content (AvgIpc) is 2.37. The number of aromatic nitrogens is 3. The van der Waals surface area contributed by atoms with Gasteiger partial charge in [-0.2, -0.15) is 4.98 Å². The smallest absolute Gasteiger partial charge is 0.227 e. The molecule has 21 heavy (non-hydrogen) atoms. The number of nitrogens with two attached hydrogens (primary N) is 1. The van der Waals surface area contributed by atoms with Gasteiger partial charge in [-0.05, 0) is 19.1 Å². The molecule has 0 saturated carbocycles. The van der Waals surface area contributed by atoms with E-state index < -0.39 is 0 Å². The summed E-state index contributed by atoms with van der Waals surface area (Å²) < 4.78 is 0. The first-order valence-corrected chi connectivity index (χ1v) is 6.68. The lowest BCUT2D eigenvalue weighted by Crippen LogP contribution is -2.17. The quantitative estimate of drug-likeness (QED) is 0.728. The van der Waals surface area contributed by atoms with Crippen molar-refractivity contribution in [2.45, 2.75) is 13.3 Å². The number of hydrogen-bond acceptors (Lipinski definition) is 6. The second-order valence-corrected chi connectivity index (χ2v) is 4.71. The van der Waals surface area contributed by atoms with Gasteiger partial charge in [0.25, 0.3) is 0 Å². The van der Waals surface area contributed by atoms with Crippen LogP contribution in [-0.2, 0) is 4.79 Å². The molecular weight excluding hydrogens is 292 g/mol. The zero-order valence-electron chi connectivity index (χ0n) is 11.4. The van der Waals surface area contributed by atoms with E-state index in [4.69, 9.17) is 17.3 Å². The van der Waals surface area contributed by atoms with Crippen molar-refractivity contribution in [2.24, 2.45) is 0 Å². The Morgan fingerprint density at radius 3 is 2.81 bits per heavy atom. The summed E-state index contributed by atoms with van der Waals surface area (Å²) in [5.74, 6) is 0.954. The van der Waals surface area contributed by atoms with E-state index in [-0.39, 0.29) is 23.4 Å². The minimum Gasteiger partial charge on any atom is -0.369 e. The van der Waals surface area contributed by atoms with Crippen LogP contribution in [0.15, 0.2) is 24.3 Å². The van der Waals surface area contributed by atoms with E-state index in [2.05, 4.69) is 25.6 Å². The second kappa shape index (κ2) is 6.85. The molecule has 7 nitrogen and oxygen atoms in total. The highest BCUT2D eigenvalue weighted by Crippen LogP contribution is 2.12. The van der Waals surface area contributed by atoms with Crippen LogP contribution in [0.4, 0.5) is 17.6 Å². The molecule has 2 rings (SSSR count). The van der Waals surface area contributed by atoms with E-state index in [1.165, 1.54) is 6.07 Å². The van der Waals surface area contributed by atoms with E-state index in [0.29, 0.717) is 18.2 Å². The Labute approximate surface area is 127 Å². The molecule has 2 aromatic rings. The fourth-order valence-corrected chi connectivity index (χ4v) is 1.84. The van der Waals surface area contributed by atoms with Gasteiger partial charge in [-0.1, -0.05) is 17.7 Å². The highest BCUT2D eigenvalue weighted by molar-refractivity contribution is 6.29. The third kappa shape index (κ3) is 4.88. The summed E-state index contributed by atoms with van der Waals surface area (Å²) in [6, 6.07) is 6.98. The normalized spacial score (nSPS) is 10.2. The van der Waals surface area contributed by atoms with Crippen molar-refractivity contribution >= 4 is 35.1 Å². The lowest BCUT2D eigenvalue weighted by atomic mass is 10.3. The summed E-state index contributed by atoms with van der Waals surface area (Å²) in [5.41, 5.74) is 6.32. The van der Waals surface area contributed by atoms with Gasteiger partial charge in [0.2, 0.25) is 11.9 Å². The lowest BCUT2D eigenvalue weighted by Gasteiger charge is -2.07. The molecule has 2 heterocycles. The summed E-state index contributed by atoms with van der Waals surface area (Å²) in [7, 11) is 0. The molecule has 0 aromatic carbocycles. The monoisotopic (exact) mass is 306 g/mol. The van der Waals surface area contributed by atoms with Gasteiger partial charge in [-0.25, -0.2) is 9.97 Å². The maximum Gasteiger partial charge on any atom is 0.227 e. The third-order valence-corrected chi connectivity index (χ3v) is 2.72. The molecule has 0 bridgehead atoms. The van der Waals surface area contributed by atoms with E-state index >= 15 is 0 Å². The molecule has 0 aliphatic rings. The second-order valence-electron chi connectivity index (χ2n) is 4.32. The van der Waals surface area contributed by atoms with Crippen LogP contribution in [-0.4, -0.2) is 27.4 Å². The van der Waals surface area contributed by atoms with Crippen LogP contribution >= 0.6 is 11.6 Å². The fourth-order valence-electron chi connectivity index (χ4n) is 1.65. The van der Waals surface area contributed by atoms with Crippen molar-refractivity contribution in [3.05, 3.63) is 35.1 Å². The Bertz CT molecular complexity index is 628. The average molecular weight is 307 g/mol. The molecule has 0 saturated heterocycles. The van der Waals surface area contributed by atoms with Crippen LogP contribution in [0.25, 0.3) is 0 Å². The topological polar surface area (TPSA) is 106 Å². The fraction of sp³-hybridized carbons (Fsp3) is 0.231. The van der Waals surface area contributed by atoms with Crippen LogP contribution in [0.5, 0.6) is 0 Å². The molecule has 0 spiro atoms. The summed E-state index contributed by atoms with van der Waals surface area (Å²) in [6.07, 6.45) is 0.261. The van der Waals surface area contributed by atoms with Gasteiger partial charge in [0.15, 0.2) is 0 Å². The van der Waals surface area contributed by atoms with E-state index in [0.717, 1.165) is 5.69 Å². The molecule has 0 atom stereocenters. The number of halogens is 1. The molecule has 4 N–H and O–H groups in total. The number of nitrogen functional groups attached to an aromatic ring is 1. The third-order valence-electron chi connectivity index (χ3n) is 2.53. The van der Waals surface area contributed by atoms with Crippen LogP contribution in [0, 0.1) is 6.92 Å². The van der Waals surface area contributed by atoms with Gasteiger partial charge in [0.05, 0.1) is 0 Å². The molecule has 8 heteroatoms. The Kier molecular flexibility index (Phi) is 4.89. The highest BCUT2D eigenvalue weighted by Gasteiger charge is 2.05. The molecule has 0 aliphatic heterocycles. The SMILES string of the molecule is Cc1cccc(NC(=O)CCNc2cc(Cl)nc(N)n2)n1. The molecule has 0 radical (unpaired) electrons. The van der Waals surface area contributed by atoms with Crippen molar-refractivity contribution in [1.82, 2.24) is 15.0 Å². The number of pyridine rings is 1. The van der Waals surface area contributed by atoms with Gasteiger partial charge < -0.3 is 16.4 Å². The van der Waals surface area contributed by atoms with Crippen molar-refractivity contribution in [1.29, 1.82) is 0 Å². The number of hydrogen-bond donors (Lipinski definition) is 3. The molecular formula is C13H15ClN6O. The lowest BCUT2D eigenvalue weighted by molar-refractivity contribution is -0.116. The number of carbonyl (C=O) groups excluding carboxylic acids is 1. The van der Waals surface area contributed by atoms with Crippen molar-refractivity contribution in [3.8, 4) is 0 Å². The van der Waals surface area contributed by atoms with Crippen molar-refractivity contribution in [3.63, 3.8) is 0 Å². The molecule has 2 aromatic heterocycles. The molecule has 1 amide bonds. The number of nitrogens with zero attached hydrogens (tertiary/aromatic N) is 3. The summed E-state index contributed by atoms with van der Waals surface area (Å²) in [6.45, 7) is 2.25. The first kappa shape index (κ1) is 15.0. The number of anilines is 3. The Balaban J connectivity index is 1.81. The van der Waals surface area contributed by atoms with Gasteiger partial charge in [-0.15, -0.1) is 0 Å². The summed E-state index contributed by atoms with van der Waals surface area (Å²) in [5, 5.41) is 5.92. The van der Waals surface area contributed by atoms with Gasteiger partial charge >= 0.3 is 0 Å². The molecule has 110 valence electrons. The Morgan fingerprint density at radius 1 is 1.29 bits per heavy atom. The number of amides is 1. The van der Waals surface area contributed by atoms with Crippen molar-refractivity contribution in [2.75, 3.05) is 22.9 Å². The number of rotatable bonds is 5. The zero-order valence-corrected chi connectivity index (χ0v) is 12.2. The maximum atomic E-state index is 11.8. The number of carbonyl (C=O) groups is 1. The maximum absolute atomic E-state index is 11.8. The first-order chi connectivity index (χ1) is 10.0. The van der Waals surface area contributed by atoms with Gasteiger partial charge in [0, 0.05) is 24.7 Å². The highest BCUT2D eigenvalue weighted by atomic mass is 35.5. The van der Waals surface area contributed by atoms with E-state index in [1.54, 1.807) is 6.07 Å². The van der Waals surface area contributed by atoms with Gasteiger partial charge in [0.1, 0.15) is 16.8 Å². The largest absolute Gasteiger partial charge is 0.369 e. The van der Waals surface area contributed by atoms with Gasteiger partial charge in [-0.3, -0.25) is 4.79 Å². The Hall–Kier alpha value is -2.41. The standard InChI is InChI=1S/C13H15ClN6O/c1-8-3-2-4-10(17-8)19-12(21)5-6-16-11-7-9(14)18-13(15)20-11/h2-4,7H,5-6H2,1H3,(H,17,19,21)(H3,15,16,18,20). The van der Waals surface area contributed by atoms with Crippen LogP contribution < -0.4 is 16.4 Å². The van der Waals surface area contributed by atoms with E-state index in [1.807, 2.05) is 19.1 Å². The number of aryl methyl sites for hydroxylation is 1. The minimum atomic E-state index is -0.145. The predicted molar refractivity (Wildman–Crippen MR) is 82.2 cm³/mol. The van der Waals surface area contributed by atoms with E-state index in [9.17, 15) is 4.79 Å². The van der Waals surface area contributed by atoms with Crippen LogP contribution in [0.3, 0.4) is 0 Å². The molecule has 0 unspecified atom stereocenters.